The lowest BCUT2D eigenvalue weighted by Crippen LogP contribution is -2.49. The molecule has 0 radical (unpaired) electrons. The van der Waals surface area contributed by atoms with Gasteiger partial charge in [-0.3, -0.25) is 9.59 Å². The van der Waals surface area contributed by atoms with Gasteiger partial charge in [0.05, 0.1) is 12.1 Å². The molecule has 0 saturated carbocycles. The van der Waals surface area contributed by atoms with Crippen LogP contribution in [0, 0.1) is 13.8 Å². The van der Waals surface area contributed by atoms with E-state index in [4.69, 9.17) is 0 Å². The molecule has 5 nitrogen and oxygen atoms in total. The van der Waals surface area contributed by atoms with E-state index in [1.807, 2.05) is 52.1 Å². The molecule has 2 amide bonds. The summed E-state index contributed by atoms with van der Waals surface area (Å²) in [5.41, 5.74) is 0.483. The molecule has 0 unspecified atom stereocenters. The number of aromatic nitrogens is 1. The third-order valence-electron chi connectivity index (χ3n) is 3.59. The molecule has 0 bridgehead atoms. The Morgan fingerprint density at radius 3 is 2.50 bits per heavy atom. The highest BCUT2D eigenvalue weighted by molar-refractivity contribution is 7.15. The summed E-state index contributed by atoms with van der Waals surface area (Å²) in [6.07, 6.45) is 0.317. The molecular formula is C17H23N3O2S2. The molecule has 0 fully saturated rings. The topological polar surface area (TPSA) is 62.3 Å². The first kappa shape index (κ1) is 18.6. The molecule has 2 aromatic rings. The average molecular weight is 366 g/mol. The van der Waals surface area contributed by atoms with E-state index in [0.29, 0.717) is 11.6 Å². The van der Waals surface area contributed by atoms with Crippen molar-refractivity contribution in [3.05, 3.63) is 33.0 Å². The number of carbonyl (C=O) groups excluding carboxylic acids is 2. The normalized spacial score (nSPS) is 11.4. The number of carbonyl (C=O) groups is 2. The van der Waals surface area contributed by atoms with E-state index in [-0.39, 0.29) is 18.4 Å². The number of hydrogen-bond donors (Lipinski definition) is 1. The number of thiazole rings is 1. The van der Waals surface area contributed by atoms with Crippen molar-refractivity contribution in [1.29, 1.82) is 0 Å². The van der Waals surface area contributed by atoms with Gasteiger partial charge in [0.1, 0.15) is 6.54 Å². The smallest absolute Gasteiger partial charge is 0.245 e. The van der Waals surface area contributed by atoms with Crippen LogP contribution >= 0.6 is 22.7 Å². The van der Waals surface area contributed by atoms with Gasteiger partial charge in [0.2, 0.25) is 11.8 Å². The molecule has 0 aliphatic carbocycles. The van der Waals surface area contributed by atoms with Gasteiger partial charge in [0.25, 0.3) is 0 Å². The van der Waals surface area contributed by atoms with E-state index in [1.165, 1.54) is 11.3 Å². The fourth-order valence-electron chi connectivity index (χ4n) is 2.19. The zero-order valence-electron chi connectivity index (χ0n) is 14.7. The maximum atomic E-state index is 12.6. The van der Waals surface area contributed by atoms with Crippen molar-refractivity contribution >= 4 is 39.6 Å². The molecule has 0 aromatic carbocycles. The SMILES string of the molecule is Cc1nc(NC(=O)CN(C(=O)Cc2cccs2)C(C)(C)C)sc1C. The number of anilines is 1. The molecule has 2 aromatic heterocycles. The van der Waals surface area contributed by atoms with Crippen LogP contribution in [0.1, 0.15) is 36.2 Å². The maximum absolute atomic E-state index is 12.6. The Morgan fingerprint density at radius 2 is 2.00 bits per heavy atom. The van der Waals surface area contributed by atoms with Crippen molar-refractivity contribution in [2.75, 3.05) is 11.9 Å². The average Bonchev–Trinajstić information content (AvgIpc) is 3.05. The van der Waals surface area contributed by atoms with E-state index in [9.17, 15) is 9.59 Å². The second-order valence-electron chi connectivity index (χ2n) is 6.62. The first-order valence-electron chi connectivity index (χ1n) is 7.73. The second kappa shape index (κ2) is 7.44. The van der Waals surface area contributed by atoms with Crippen LogP contribution in [0.4, 0.5) is 5.13 Å². The summed E-state index contributed by atoms with van der Waals surface area (Å²) in [6, 6.07) is 3.86. The molecule has 2 heterocycles. The summed E-state index contributed by atoms with van der Waals surface area (Å²) < 4.78 is 0. The Labute approximate surface area is 150 Å². The van der Waals surface area contributed by atoms with Crippen molar-refractivity contribution in [1.82, 2.24) is 9.88 Å². The molecule has 0 spiro atoms. The minimum Gasteiger partial charge on any atom is -0.328 e. The van der Waals surface area contributed by atoms with Crippen LogP contribution < -0.4 is 5.32 Å². The highest BCUT2D eigenvalue weighted by Crippen LogP contribution is 2.22. The number of thiophene rings is 1. The predicted molar refractivity (Wildman–Crippen MR) is 99.7 cm³/mol. The van der Waals surface area contributed by atoms with Crippen molar-refractivity contribution < 1.29 is 9.59 Å². The largest absolute Gasteiger partial charge is 0.328 e. The first-order chi connectivity index (χ1) is 11.2. The lowest BCUT2D eigenvalue weighted by Gasteiger charge is -2.35. The molecule has 0 aliphatic heterocycles. The molecule has 130 valence electrons. The Morgan fingerprint density at radius 1 is 1.29 bits per heavy atom. The number of aryl methyl sites for hydroxylation is 2. The van der Waals surface area contributed by atoms with Gasteiger partial charge >= 0.3 is 0 Å². The van der Waals surface area contributed by atoms with Gasteiger partial charge in [-0.1, -0.05) is 6.07 Å². The zero-order valence-corrected chi connectivity index (χ0v) is 16.3. The van der Waals surface area contributed by atoms with E-state index >= 15 is 0 Å². The molecular weight excluding hydrogens is 342 g/mol. The van der Waals surface area contributed by atoms with Crippen LogP contribution in [-0.4, -0.2) is 33.8 Å². The third-order valence-corrected chi connectivity index (χ3v) is 5.46. The molecule has 24 heavy (non-hydrogen) atoms. The molecule has 1 N–H and O–H groups in total. The van der Waals surface area contributed by atoms with Gasteiger partial charge in [-0.15, -0.1) is 22.7 Å². The van der Waals surface area contributed by atoms with Gasteiger partial charge in [0, 0.05) is 15.3 Å². The van der Waals surface area contributed by atoms with Crippen LogP contribution in [-0.2, 0) is 16.0 Å². The Hall–Kier alpha value is -1.73. The van der Waals surface area contributed by atoms with Crippen molar-refractivity contribution in [3.8, 4) is 0 Å². The monoisotopic (exact) mass is 365 g/mol. The van der Waals surface area contributed by atoms with Crippen LogP contribution in [0.5, 0.6) is 0 Å². The molecule has 0 aliphatic rings. The summed E-state index contributed by atoms with van der Waals surface area (Å²) in [6.45, 7) is 9.70. The van der Waals surface area contributed by atoms with Crippen LogP contribution in [0.2, 0.25) is 0 Å². The minimum absolute atomic E-state index is 0.0192. The number of nitrogens with zero attached hydrogens (tertiary/aromatic N) is 2. The highest BCUT2D eigenvalue weighted by atomic mass is 32.1. The summed E-state index contributed by atoms with van der Waals surface area (Å²) in [5.74, 6) is -0.273. The molecule has 0 atom stereocenters. The fraction of sp³-hybridized carbons (Fsp3) is 0.471. The summed E-state index contributed by atoms with van der Waals surface area (Å²) >= 11 is 2.99. The lowest BCUT2D eigenvalue weighted by molar-refractivity contribution is -0.138. The number of amides is 2. The second-order valence-corrected chi connectivity index (χ2v) is 8.85. The fourth-order valence-corrected chi connectivity index (χ4v) is 3.71. The van der Waals surface area contributed by atoms with Gasteiger partial charge < -0.3 is 10.2 Å². The molecule has 7 heteroatoms. The standard InChI is InChI=1S/C17H23N3O2S2/c1-11-12(2)24-16(18-11)19-14(21)10-20(17(3,4)5)15(22)9-13-7-6-8-23-13/h6-8H,9-10H2,1-5H3,(H,18,19,21). The first-order valence-corrected chi connectivity index (χ1v) is 9.43. The van der Waals surface area contributed by atoms with Gasteiger partial charge in [0.15, 0.2) is 5.13 Å². The number of hydrogen-bond acceptors (Lipinski definition) is 5. The summed E-state index contributed by atoms with van der Waals surface area (Å²) in [4.78, 5) is 33.0. The lowest BCUT2D eigenvalue weighted by atomic mass is 10.0. The summed E-state index contributed by atoms with van der Waals surface area (Å²) in [5, 5.41) is 5.32. The van der Waals surface area contributed by atoms with Gasteiger partial charge in [-0.05, 0) is 46.1 Å². The molecule has 2 rings (SSSR count). The number of nitrogens with one attached hydrogen (secondary N) is 1. The Kier molecular flexibility index (Phi) is 5.77. The van der Waals surface area contributed by atoms with Crippen molar-refractivity contribution in [3.63, 3.8) is 0 Å². The van der Waals surface area contributed by atoms with Crippen LogP contribution in [0.25, 0.3) is 0 Å². The van der Waals surface area contributed by atoms with Gasteiger partial charge in [-0.25, -0.2) is 4.98 Å². The quantitative estimate of drug-likeness (QED) is 0.880. The van der Waals surface area contributed by atoms with Crippen molar-refractivity contribution in [2.24, 2.45) is 0 Å². The minimum atomic E-state index is -0.430. The van der Waals surface area contributed by atoms with Crippen molar-refractivity contribution in [2.45, 2.75) is 46.6 Å². The molecule has 0 saturated heterocycles. The van der Waals surface area contributed by atoms with E-state index in [1.54, 1.807) is 16.2 Å². The highest BCUT2D eigenvalue weighted by Gasteiger charge is 2.28. The zero-order chi connectivity index (χ0) is 17.9. The van der Waals surface area contributed by atoms with Crippen LogP contribution in [0.15, 0.2) is 17.5 Å². The maximum Gasteiger partial charge on any atom is 0.245 e. The van der Waals surface area contributed by atoms with Crippen LogP contribution in [0.3, 0.4) is 0 Å². The van der Waals surface area contributed by atoms with E-state index < -0.39 is 5.54 Å². The summed E-state index contributed by atoms with van der Waals surface area (Å²) in [7, 11) is 0. The Bertz CT molecular complexity index is 695. The van der Waals surface area contributed by atoms with Gasteiger partial charge in [-0.2, -0.15) is 0 Å². The third kappa shape index (κ3) is 4.88. The van der Waals surface area contributed by atoms with E-state index in [2.05, 4.69) is 10.3 Å². The van der Waals surface area contributed by atoms with E-state index in [0.717, 1.165) is 15.4 Å². The number of rotatable bonds is 5. The Balaban J connectivity index is 2.05. The predicted octanol–water partition coefficient (Wildman–Crippen LogP) is 3.63.